The first-order valence-electron chi connectivity index (χ1n) is 5.18. The van der Waals surface area contributed by atoms with E-state index in [-0.39, 0.29) is 5.97 Å². The quantitative estimate of drug-likeness (QED) is 0.618. The summed E-state index contributed by atoms with van der Waals surface area (Å²) in [6.07, 6.45) is 0. The molecule has 2 aromatic carbocycles. The summed E-state index contributed by atoms with van der Waals surface area (Å²) >= 11 is 0. The third-order valence-corrected chi connectivity index (χ3v) is 2.45. The van der Waals surface area contributed by atoms with E-state index < -0.39 is 0 Å². The minimum atomic E-state index is -0.307. The highest BCUT2D eigenvalue weighted by Crippen LogP contribution is 2.24. The molecule has 0 bridgehead atoms. The van der Waals surface area contributed by atoms with Gasteiger partial charge in [-0.05, 0) is 24.4 Å². The lowest BCUT2D eigenvalue weighted by Crippen LogP contribution is -2.05. The van der Waals surface area contributed by atoms with Gasteiger partial charge in [0.2, 0.25) is 0 Å². The molecular weight excluding hydrogens is 202 g/mol. The predicted molar refractivity (Wildman–Crippen MR) is 64.3 cm³/mol. The van der Waals surface area contributed by atoms with E-state index in [0.29, 0.717) is 17.9 Å². The van der Waals surface area contributed by atoms with Crippen LogP contribution in [-0.4, -0.2) is 12.6 Å². The fraction of sp³-hybridized carbons (Fsp3) is 0.154. The first kappa shape index (κ1) is 10.5. The van der Waals surface area contributed by atoms with Crippen LogP contribution in [0.2, 0.25) is 0 Å². The van der Waals surface area contributed by atoms with Gasteiger partial charge in [0, 0.05) is 11.1 Å². The SMILES string of the molecule is CCOC(=O)c1ccc(N)c2ccccc12. The van der Waals surface area contributed by atoms with Crippen molar-refractivity contribution in [1.29, 1.82) is 0 Å². The topological polar surface area (TPSA) is 52.3 Å². The van der Waals surface area contributed by atoms with Crippen molar-refractivity contribution in [3.63, 3.8) is 0 Å². The summed E-state index contributed by atoms with van der Waals surface area (Å²) in [4.78, 5) is 11.7. The van der Waals surface area contributed by atoms with Crippen molar-refractivity contribution in [3.8, 4) is 0 Å². The van der Waals surface area contributed by atoms with Gasteiger partial charge >= 0.3 is 5.97 Å². The minimum absolute atomic E-state index is 0.307. The van der Waals surface area contributed by atoms with Gasteiger partial charge in [-0.3, -0.25) is 0 Å². The normalized spacial score (nSPS) is 10.3. The molecule has 3 nitrogen and oxygen atoms in total. The Morgan fingerprint density at radius 2 is 1.88 bits per heavy atom. The molecule has 0 heterocycles. The number of ether oxygens (including phenoxy) is 1. The number of esters is 1. The van der Waals surface area contributed by atoms with Crippen LogP contribution in [0.3, 0.4) is 0 Å². The van der Waals surface area contributed by atoms with Crippen molar-refractivity contribution in [3.05, 3.63) is 42.0 Å². The van der Waals surface area contributed by atoms with Gasteiger partial charge in [-0.25, -0.2) is 4.79 Å². The average Bonchev–Trinajstić information content (AvgIpc) is 2.30. The van der Waals surface area contributed by atoms with E-state index in [0.717, 1.165) is 10.8 Å². The van der Waals surface area contributed by atoms with Crippen molar-refractivity contribution < 1.29 is 9.53 Å². The van der Waals surface area contributed by atoms with E-state index in [1.807, 2.05) is 24.3 Å². The van der Waals surface area contributed by atoms with Crippen LogP contribution in [0.1, 0.15) is 17.3 Å². The molecule has 0 aliphatic rings. The number of carbonyl (C=O) groups excluding carboxylic acids is 1. The molecule has 0 saturated carbocycles. The average molecular weight is 215 g/mol. The number of anilines is 1. The van der Waals surface area contributed by atoms with Crippen molar-refractivity contribution in [2.24, 2.45) is 0 Å². The van der Waals surface area contributed by atoms with E-state index in [4.69, 9.17) is 10.5 Å². The number of benzene rings is 2. The Morgan fingerprint density at radius 1 is 1.19 bits per heavy atom. The molecular formula is C13H13NO2. The van der Waals surface area contributed by atoms with Crippen LogP contribution in [0.25, 0.3) is 10.8 Å². The van der Waals surface area contributed by atoms with Crippen LogP contribution >= 0.6 is 0 Å². The second-order valence-electron chi connectivity index (χ2n) is 3.47. The molecule has 0 aliphatic heterocycles. The summed E-state index contributed by atoms with van der Waals surface area (Å²) < 4.78 is 5.00. The third-order valence-electron chi connectivity index (χ3n) is 2.45. The van der Waals surface area contributed by atoms with Gasteiger partial charge in [0.1, 0.15) is 0 Å². The van der Waals surface area contributed by atoms with Crippen LogP contribution in [0.15, 0.2) is 36.4 Å². The van der Waals surface area contributed by atoms with Crippen LogP contribution in [0, 0.1) is 0 Å². The molecule has 16 heavy (non-hydrogen) atoms. The molecule has 0 fully saturated rings. The molecule has 3 heteroatoms. The lowest BCUT2D eigenvalue weighted by atomic mass is 10.0. The summed E-state index contributed by atoms with van der Waals surface area (Å²) in [7, 11) is 0. The van der Waals surface area contributed by atoms with Crippen LogP contribution in [0.4, 0.5) is 5.69 Å². The molecule has 0 aromatic heterocycles. The lowest BCUT2D eigenvalue weighted by molar-refractivity contribution is 0.0529. The van der Waals surface area contributed by atoms with E-state index in [9.17, 15) is 4.79 Å². The first-order valence-corrected chi connectivity index (χ1v) is 5.18. The van der Waals surface area contributed by atoms with Crippen LogP contribution < -0.4 is 5.73 Å². The number of nitrogens with two attached hydrogens (primary N) is 1. The smallest absolute Gasteiger partial charge is 0.338 e. The minimum Gasteiger partial charge on any atom is -0.462 e. The highest BCUT2D eigenvalue weighted by Gasteiger charge is 2.11. The van der Waals surface area contributed by atoms with Gasteiger partial charge in [-0.2, -0.15) is 0 Å². The van der Waals surface area contributed by atoms with Crippen molar-refractivity contribution in [1.82, 2.24) is 0 Å². The largest absolute Gasteiger partial charge is 0.462 e. The molecule has 0 aliphatic carbocycles. The fourth-order valence-corrected chi connectivity index (χ4v) is 1.71. The molecule has 0 spiro atoms. The van der Waals surface area contributed by atoms with Gasteiger partial charge in [0.15, 0.2) is 0 Å². The maximum atomic E-state index is 11.7. The summed E-state index contributed by atoms with van der Waals surface area (Å²) in [6, 6.07) is 11.0. The van der Waals surface area contributed by atoms with Gasteiger partial charge in [-0.15, -0.1) is 0 Å². The molecule has 2 aromatic rings. The molecule has 82 valence electrons. The first-order chi connectivity index (χ1) is 7.74. The van der Waals surface area contributed by atoms with Gasteiger partial charge in [0.25, 0.3) is 0 Å². The Labute approximate surface area is 93.8 Å². The second-order valence-corrected chi connectivity index (χ2v) is 3.47. The number of carbonyl (C=O) groups is 1. The number of fused-ring (bicyclic) bond motifs is 1. The Balaban J connectivity index is 2.63. The monoisotopic (exact) mass is 215 g/mol. The Hall–Kier alpha value is -2.03. The van der Waals surface area contributed by atoms with Crippen LogP contribution in [0.5, 0.6) is 0 Å². The van der Waals surface area contributed by atoms with Crippen molar-refractivity contribution in [2.45, 2.75) is 6.92 Å². The molecule has 2 rings (SSSR count). The van der Waals surface area contributed by atoms with Gasteiger partial charge < -0.3 is 10.5 Å². The molecule has 2 N–H and O–H groups in total. The second kappa shape index (κ2) is 4.23. The maximum absolute atomic E-state index is 11.7. The Bertz CT molecular complexity index is 534. The molecule has 0 radical (unpaired) electrons. The van der Waals surface area contributed by atoms with E-state index in [1.54, 1.807) is 19.1 Å². The van der Waals surface area contributed by atoms with Crippen LogP contribution in [-0.2, 0) is 4.74 Å². The summed E-state index contributed by atoms with van der Waals surface area (Å²) in [5, 5.41) is 1.72. The number of rotatable bonds is 2. The number of hydrogen-bond acceptors (Lipinski definition) is 3. The Kier molecular flexibility index (Phi) is 2.77. The molecule has 0 atom stereocenters. The number of hydrogen-bond donors (Lipinski definition) is 1. The lowest BCUT2D eigenvalue weighted by Gasteiger charge is -2.07. The van der Waals surface area contributed by atoms with Crippen molar-refractivity contribution >= 4 is 22.4 Å². The zero-order valence-corrected chi connectivity index (χ0v) is 9.07. The summed E-state index contributed by atoms with van der Waals surface area (Å²) in [5.74, 6) is -0.307. The van der Waals surface area contributed by atoms with Crippen molar-refractivity contribution in [2.75, 3.05) is 12.3 Å². The van der Waals surface area contributed by atoms with E-state index in [2.05, 4.69) is 0 Å². The summed E-state index contributed by atoms with van der Waals surface area (Å²) in [5.41, 5.74) is 7.08. The Morgan fingerprint density at radius 3 is 2.56 bits per heavy atom. The van der Waals surface area contributed by atoms with Gasteiger partial charge in [-0.1, -0.05) is 24.3 Å². The standard InChI is InChI=1S/C13H13NO2/c1-2-16-13(15)11-7-8-12(14)10-6-4-3-5-9(10)11/h3-8H,2,14H2,1H3. The third kappa shape index (κ3) is 1.72. The van der Waals surface area contributed by atoms with Gasteiger partial charge in [0.05, 0.1) is 12.2 Å². The van der Waals surface area contributed by atoms with E-state index in [1.165, 1.54) is 0 Å². The van der Waals surface area contributed by atoms with E-state index >= 15 is 0 Å². The zero-order chi connectivity index (χ0) is 11.5. The highest BCUT2D eigenvalue weighted by atomic mass is 16.5. The summed E-state index contributed by atoms with van der Waals surface area (Å²) in [6.45, 7) is 2.16. The zero-order valence-electron chi connectivity index (χ0n) is 9.07. The maximum Gasteiger partial charge on any atom is 0.338 e. The highest BCUT2D eigenvalue weighted by molar-refractivity contribution is 6.07. The number of nitrogen functional groups attached to an aromatic ring is 1. The molecule has 0 amide bonds. The fourth-order valence-electron chi connectivity index (χ4n) is 1.71. The predicted octanol–water partition coefficient (Wildman–Crippen LogP) is 2.60. The molecule has 0 saturated heterocycles. The molecule has 0 unspecified atom stereocenters.